The van der Waals surface area contributed by atoms with Crippen molar-refractivity contribution in [2.75, 3.05) is 52.7 Å². The molecule has 0 aromatic heterocycles. The lowest BCUT2D eigenvalue weighted by Gasteiger charge is -2.59. The smallest absolute Gasteiger partial charge is 0.321 e. The third kappa shape index (κ3) is 6.61. The lowest BCUT2D eigenvalue weighted by atomic mass is 9.73. The van der Waals surface area contributed by atoms with Gasteiger partial charge in [-0.25, -0.2) is 4.79 Å². The van der Waals surface area contributed by atoms with Crippen LogP contribution in [0.4, 0.5) is 10.5 Å². The number of amides is 2. The summed E-state index contributed by atoms with van der Waals surface area (Å²) >= 11 is 0. The molecule has 42 heavy (non-hydrogen) atoms. The maximum atomic E-state index is 13.5. The van der Waals surface area contributed by atoms with E-state index in [9.17, 15) is 15.0 Å². The van der Waals surface area contributed by atoms with Crippen LogP contribution in [0.5, 0.6) is 5.75 Å². The van der Waals surface area contributed by atoms with E-state index in [2.05, 4.69) is 51.2 Å². The van der Waals surface area contributed by atoms with Gasteiger partial charge in [0, 0.05) is 54.5 Å². The minimum absolute atomic E-state index is 0.0123. The predicted molar refractivity (Wildman–Crippen MR) is 165 cm³/mol. The number of benzene rings is 3. The molecule has 0 unspecified atom stereocenters. The first-order valence-electron chi connectivity index (χ1n) is 14.4. The Morgan fingerprint density at radius 2 is 1.62 bits per heavy atom. The minimum atomic E-state index is -1.05. The molecule has 2 saturated heterocycles. The number of rotatable bonds is 5. The fraction of sp³-hybridized carbons (Fsp3) is 0.382. The molecule has 220 valence electrons. The summed E-state index contributed by atoms with van der Waals surface area (Å²) in [5.41, 5.74) is 4.65. The third-order valence-corrected chi connectivity index (χ3v) is 8.24. The number of aliphatic hydroxyl groups is 2. The molecule has 3 aromatic rings. The third-order valence-electron chi connectivity index (χ3n) is 8.24. The van der Waals surface area contributed by atoms with Crippen molar-refractivity contribution in [1.29, 1.82) is 0 Å². The summed E-state index contributed by atoms with van der Waals surface area (Å²) in [6.07, 6.45) is -2.01. The van der Waals surface area contributed by atoms with Crippen molar-refractivity contribution in [2.24, 2.45) is 0 Å². The highest BCUT2D eigenvalue weighted by Crippen LogP contribution is 2.42. The molecule has 2 aliphatic heterocycles. The van der Waals surface area contributed by atoms with Gasteiger partial charge in [-0.3, -0.25) is 4.90 Å². The van der Waals surface area contributed by atoms with Crippen molar-refractivity contribution in [3.63, 3.8) is 0 Å². The molecule has 8 nitrogen and oxygen atoms in total. The van der Waals surface area contributed by atoms with E-state index in [1.54, 1.807) is 18.1 Å². The second kappa shape index (κ2) is 13.0. The van der Waals surface area contributed by atoms with Gasteiger partial charge in [0.25, 0.3) is 0 Å². The van der Waals surface area contributed by atoms with Gasteiger partial charge in [-0.2, -0.15) is 0 Å². The number of hydrogen-bond acceptors (Lipinski definition) is 6. The summed E-state index contributed by atoms with van der Waals surface area (Å²) in [6.45, 7) is 3.54. The van der Waals surface area contributed by atoms with Gasteiger partial charge in [-0.1, -0.05) is 42.2 Å². The van der Waals surface area contributed by atoms with Gasteiger partial charge < -0.3 is 30.1 Å². The zero-order valence-corrected chi connectivity index (χ0v) is 24.7. The van der Waals surface area contributed by atoms with Gasteiger partial charge in [0.1, 0.15) is 5.75 Å². The van der Waals surface area contributed by atoms with E-state index in [1.165, 1.54) is 5.56 Å². The summed E-state index contributed by atoms with van der Waals surface area (Å²) in [4.78, 5) is 19.5. The summed E-state index contributed by atoms with van der Waals surface area (Å²) in [5.74, 6) is 7.35. The van der Waals surface area contributed by atoms with Crippen LogP contribution < -0.4 is 10.1 Å². The Morgan fingerprint density at radius 3 is 2.26 bits per heavy atom. The normalized spacial score (nSPS) is 24.0. The molecule has 2 amide bonds. The number of anilines is 1. The van der Waals surface area contributed by atoms with Crippen LogP contribution in [0.1, 0.15) is 28.2 Å². The van der Waals surface area contributed by atoms with E-state index < -0.39 is 12.2 Å². The van der Waals surface area contributed by atoms with Gasteiger partial charge in [0.15, 0.2) is 0 Å². The highest BCUT2D eigenvalue weighted by molar-refractivity contribution is 5.89. The number of methoxy groups -OCH3 is 1. The van der Waals surface area contributed by atoms with Crippen LogP contribution in [0.15, 0.2) is 72.8 Å². The first kappa shape index (κ1) is 29.6. The first-order valence-corrected chi connectivity index (χ1v) is 14.4. The number of nitrogens with one attached hydrogen (secondary N) is 1. The fourth-order valence-electron chi connectivity index (χ4n) is 6.10. The first-order chi connectivity index (χ1) is 20.2. The van der Waals surface area contributed by atoms with Crippen LogP contribution in [0.25, 0.3) is 0 Å². The molecular weight excluding hydrogens is 528 g/mol. The van der Waals surface area contributed by atoms with Gasteiger partial charge in [-0.05, 0) is 74.6 Å². The van der Waals surface area contributed by atoms with Crippen LogP contribution in [-0.4, -0.2) is 103 Å². The number of nitrogens with zero attached hydrogens (tertiary/aromatic N) is 3. The quantitative estimate of drug-likeness (QED) is 0.409. The Labute approximate surface area is 248 Å². The number of hydrogen-bond donors (Lipinski definition) is 3. The Bertz CT molecular complexity index is 1430. The molecule has 8 heteroatoms. The summed E-state index contributed by atoms with van der Waals surface area (Å²) < 4.78 is 5.34. The molecular formula is C34H40N4O4. The van der Waals surface area contributed by atoms with Crippen LogP contribution in [-0.2, 0) is 0 Å². The molecule has 0 bridgehead atoms. The van der Waals surface area contributed by atoms with E-state index in [0.717, 1.165) is 29.0 Å². The number of carbonyl (C=O) groups is 1. The van der Waals surface area contributed by atoms with Gasteiger partial charge in [-0.15, -0.1) is 0 Å². The summed E-state index contributed by atoms with van der Waals surface area (Å²) in [5, 5.41) is 24.7. The maximum Gasteiger partial charge on any atom is 0.321 e. The van der Waals surface area contributed by atoms with Crippen molar-refractivity contribution >= 4 is 11.7 Å². The second-order valence-electron chi connectivity index (χ2n) is 11.5. The van der Waals surface area contributed by atoms with Crippen molar-refractivity contribution < 1.29 is 19.7 Å². The summed E-state index contributed by atoms with van der Waals surface area (Å²) in [7, 11) is 5.70. The number of fused-ring (bicyclic) bond motifs is 1. The second-order valence-corrected chi connectivity index (χ2v) is 11.5. The van der Waals surface area contributed by atoms with Gasteiger partial charge in [0.2, 0.25) is 0 Å². The van der Waals surface area contributed by atoms with Crippen molar-refractivity contribution in [1.82, 2.24) is 14.7 Å². The molecule has 2 heterocycles. The van der Waals surface area contributed by atoms with Crippen molar-refractivity contribution in [2.45, 2.75) is 37.1 Å². The number of ether oxygens (including phenoxy) is 1. The number of aryl methyl sites for hydroxylation is 1. The average Bonchev–Trinajstić information content (AvgIpc) is 2.97. The lowest BCUT2D eigenvalue weighted by molar-refractivity contribution is -0.105. The van der Waals surface area contributed by atoms with Crippen molar-refractivity contribution in [3.8, 4) is 17.6 Å². The molecule has 0 aliphatic carbocycles. The zero-order valence-electron chi connectivity index (χ0n) is 24.7. The van der Waals surface area contributed by atoms with E-state index in [-0.39, 0.29) is 30.6 Å². The molecule has 3 N–H and O–H groups in total. The largest absolute Gasteiger partial charge is 0.496 e. The minimum Gasteiger partial charge on any atom is -0.496 e. The molecule has 0 saturated carbocycles. The Morgan fingerprint density at radius 1 is 0.952 bits per heavy atom. The number of likely N-dealkylation sites (N-methyl/N-ethyl adjacent to an activating group) is 1. The van der Waals surface area contributed by atoms with Crippen LogP contribution in [0.2, 0.25) is 0 Å². The SMILES string of the molecule is COc1ccc(NC(=O)N2C[C@@H](O)[C@@H](O)CN3[C@H](CN(C)C)[C@H](c4ccc(C#Cc5ccccc5)cc4)[C@@H]3C2)cc1C. The Hall–Kier alpha value is -3.87. The average molecular weight is 569 g/mol. The topological polar surface area (TPSA) is 88.5 Å². The standard InChI is InChI=1S/C34H40N4O4/c1-23-18-27(16-17-32(23)42-4)35-34(41)37-20-29-33(28(19-36(2)3)38(29)22-31(40)30(39)21-37)26-14-12-25(13-15-26)11-10-24-8-6-5-7-9-24/h5-9,12-18,28-31,33,39-40H,19-22H2,1-4H3,(H,35,41)/t28-,29+,30-,31+,33+/m1/s1. The predicted octanol–water partition coefficient (Wildman–Crippen LogP) is 3.37. The number of urea groups is 1. The van der Waals surface area contributed by atoms with E-state index >= 15 is 0 Å². The zero-order chi connectivity index (χ0) is 29.8. The highest BCUT2D eigenvalue weighted by atomic mass is 16.5. The monoisotopic (exact) mass is 568 g/mol. The van der Waals surface area contributed by atoms with Crippen LogP contribution >= 0.6 is 0 Å². The molecule has 2 aliphatic rings. The van der Waals surface area contributed by atoms with E-state index in [0.29, 0.717) is 18.8 Å². The fourth-order valence-corrected chi connectivity index (χ4v) is 6.10. The molecule has 0 spiro atoms. The maximum absolute atomic E-state index is 13.5. The van der Waals surface area contributed by atoms with Crippen LogP contribution in [0.3, 0.4) is 0 Å². The van der Waals surface area contributed by atoms with E-state index in [4.69, 9.17) is 4.74 Å². The number of carbonyl (C=O) groups excluding carboxylic acids is 1. The summed E-state index contributed by atoms with van der Waals surface area (Å²) in [6, 6.07) is 23.6. The van der Waals surface area contributed by atoms with E-state index in [1.807, 2.05) is 63.5 Å². The Kier molecular flexibility index (Phi) is 9.15. The molecule has 3 aromatic carbocycles. The van der Waals surface area contributed by atoms with Crippen LogP contribution in [0, 0.1) is 18.8 Å². The highest BCUT2D eigenvalue weighted by Gasteiger charge is 2.51. The van der Waals surface area contributed by atoms with Gasteiger partial charge in [0.05, 0.1) is 25.9 Å². The number of aliphatic hydroxyl groups excluding tert-OH is 2. The molecule has 2 fully saturated rings. The molecule has 5 rings (SSSR count). The molecule has 5 atom stereocenters. The van der Waals surface area contributed by atoms with Crippen molar-refractivity contribution in [3.05, 3.63) is 95.1 Å². The molecule has 0 radical (unpaired) electrons. The lowest BCUT2D eigenvalue weighted by Crippen LogP contribution is -2.71. The van der Waals surface area contributed by atoms with Gasteiger partial charge >= 0.3 is 6.03 Å². The number of β-amino-alcohol motifs (C(OH)–C–C–N with tert-alkyl or cyclic N) is 1. The Balaban J connectivity index is 1.38.